The summed E-state index contributed by atoms with van der Waals surface area (Å²) in [6, 6.07) is 7.59. The Hall–Kier alpha value is -1.85. The van der Waals surface area contributed by atoms with Crippen LogP contribution < -0.4 is 15.8 Å². The predicted octanol–water partition coefficient (Wildman–Crippen LogP) is 0.884. The molecule has 1 atom stereocenters. The van der Waals surface area contributed by atoms with Crippen molar-refractivity contribution in [2.45, 2.75) is 12.5 Å². The molecule has 0 radical (unpaired) electrons. The van der Waals surface area contributed by atoms with E-state index in [-0.39, 0.29) is 5.91 Å². The van der Waals surface area contributed by atoms with Crippen LogP contribution in [0.15, 0.2) is 36.4 Å². The van der Waals surface area contributed by atoms with E-state index in [0.29, 0.717) is 19.5 Å². The largest absolute Gasteiger partial charge is 0.497 e. The van der Waals surface area contributed by atoms with Gasteiger partial charge in [0, 0.05) is 26.6 Å². The summed E-state index contributed by atoms with van der Waals surface area (Å²) < 4.78 is 10.4. The van der Waals surface area contributed by atoms with Crippen molar-refractivity contribution in [3.8, 4) is 5.75 Å². The third kappa shape index (κ3) is 5.42. The molecule has 1 rings (SSSR count). The second-order valence-corrected chi connectivity index (χ2v) is 4.23. The number of amides is 1. The zero-order valence-electron chi connectivity index (χ0n) is 12.0. The maximum atomic E-state index is 12.0. The summed E-state index contributed by atoms with van der Waals surface area (Å²) in [5, 5.41) is 2.78. The normalized spacial score (nSPS) is 12.3. The Morgan fingerprint density at radius 2 is 2.20 bits per heavy atom. The molecule has 0 heterocycles. The minimum atomic E-state index is -0.520. The standard InChI is InChI=1S/C15H22N2O3/c1-19-13-7-5-6-12(10-13)11-14(20-2)15(18)17-9-4-3-8-16/h3-7,10,14H,8-9,11,16H2,1-2H3,(H,17,18)/b4-3+. The number of benzene rings is 1. The quantitative estimate of drug-likeness (QED) is 0.692. The van der Waals surface area contributed by atoms with E-state index < -0.39 is 6.10 Å². The Morgan fingerprint density at radius 1 is 1.40 bits per heavy atom. The van der Waals surface area contributed by atoms with Crippen LogP contribution in [0, 0.1) is 0 Å². The molecule has 1 aromatic rings. The minimum absolute atomic E-state index is 0.142. The van der Waals surface area contributed by atoms with Crippen LogP contribution >= 0.6 is 0 Å². The van der Waals surface area contributed by atoms with Gasteiger partial charge < -0.3 is 20.5 Å². The van der Waals surface area contributed by atoms with Crippen LogP contribution in [0.2, 0.25) is 0 Å². The maximum absolute atomic E-state index is 12.0. The van der Waals surface area contributed by atoms with E-state index >= 15 is 0 Å². The Bertz CT molecular complexity index is 446. The number of carbonyl (C=O) groups is 1. The van der Waals surface area contributed by atoms with E-state index in [2.05, 4.69) is 5.32 Å². The number of nitrogens with one attached hydrogen (secondary N) is 1. The molecule has 0 aliphatic carbocycles. The first-order chi connectivity index (χ1) is 9.71. The molecule has 1 unspecified atom stereocenters. The van der Waals surface area contributed by atoms with Crippen LogP contribution in [0.4, 0.5) is 0 Å². The molecule has 5 heteroatoms. The van der Waals surface area contributed by atoms with E-state index in [9.17, 15) is 4.79 Å². The number of methoxy groups -OCH3 is 2. The molecule has 0 fully saturated rings. The number of carbonyl (C=O) groups excluding carboxylic acids is 1. The molecule has 0 spiro atoms. The summed E-state index contributed by atoms with van der Waals surface area (Å²) in [5.41, 5.74) is 6.31. The first-order valence-electron chi connectivity index (χ1n) is 6.49. The van der Waals surface area contributed by atoms with Crippen LogP contribution in [0.1, 0.15) is 5.56 Å². The molecule has 3 N–H and O–H groups in total. The van der Waals surface area contributed by atoms with Gasteiger partial charge in [0.25, 0.3) is 0 Å². The summed E-state index contributed by atoms with van der Waals surface area (Å²) in [4.78, 5) is 12.0. The van der Waals surface area contributed by atoms with Crippen molar-refractivity contribution in [1.82, 2.24) is 5.32 Å². The lowest BCUT2D eigenvalue weighted by Gasteiger charge is -2.15. The van der Waals surface area contributed by atoms with Crippen molar-refractivity contribution < 1.29 is 14.3 Å². The second kappa shape index (κ2) is 9.12. The Kier molecular flexibility index (Phi) is 7.39. The highest BCUT2D eigenvalue weighted by Gasteiger charge is 2.17. The molecular formula is C15H22N2O3. The van der Waals surface area contributed by atoms with Gasteiger partial charge in [0.15, 0.2) is 0 Å². The van der Waals surface area contributed by atoms with Gasteiger partial charge in [-0.15, -0.1) is 0 Å². The van der Waals surface area contributed by atoms with Crippen LogP contribution in [-0.2, 0) is 16.0 Å². The van der Waals surface area contributed by atoms with Gasteiger partial charge in [-0.1, -0.05) is 24.3 Å². The van der Waals surface area contributed by atoms with Crippen molar-refractivity contribution in [2.75, 3.05) is 27.3 Å². The Balaban J connectivity index is 2.56. The highest BCUT2D eigenvalue weighted by atomic mass is 16.5. The number of ether oxygens (including phenoxy) is 2. The van der Waals surface area contributed by atoms with Gasteiger partial charge in [-0.3, -0.25) is 4.79 Å². The van der Waals surface area contributed by atoms with Gasteiger partial charge in [0.05, 0.1) is 7.11 Å². The van der Waals surface area contributed by atoms with Crippen LogP contribution in [0.5, 0.6) is 5.75 Å². The first-order valence-corrected chi connectivity index (χ1v) is 6.49. The fourth-order valence-electron chi connectivity index (χ4n) is 1.75. The minimum Gasteiger partial charge on any atom is -0.497 e. The monoisotopic (exact) mass is 278 g/mol. The molecule has 0 bridgehead atoms. The van der Waals surface area contributed by atoms with Gasteiger partial charge >= 0.3 is 0 Å². The topological polar surface area (TPSA) is 73.6 Å². The summed E-state index contributed by atoms with van der Waals surface area (Å²) in [6.07, 6.45) is 3.59. The fraction of sp³-hybridized carbons (Fsp3) is 0.400. The highest BCUT2D eigenvalue weighted by Crippen LogP contribution is 2.14. The number of hydrogen-bond acceptors (Lipinski definition) is 4. The molecule has 1 aromatic carbocycles. The highest BCUT2D eigenvalue weighted by molar-refractivity contribution is 5.81. The first kappa shape index (κ1) is 16.2. The Morgan fingerprint density at radius 3 is 2.85 bits per heavy atom. The molecule has 110 valence electrons. The molecule has 0 aromatic heterocycles. The summed E-state index contributed by atoms with van der Waals surface area (Å²) >= 11 is 0. The number of rotatable bonds is 8. The molecule has 0 aliphatic heterocycles. The van der Waals surface area contributed by atoms with E-state index in [1.54, 1.807) is 13.2 Å². The molecule has 0 aliphatic rings. The fourth-order valence-corrected chi connectivity index (χ4v) is 1.75. The van der Waals surface area contributed by atoms with Crippen molar-refractivity contribution in [1.29, 1.82) is 0 Å². The molecule has 20 heavy (non-hydrogen) atoms. The molecule has 1 amide bonds. The molecule has 0 saturated carbocycles. The van der Waals surface area contributed by atoms with Gasteiger partial charge in [0.1, 0.15) is 11.9 Å². The lowest BCUT2D eigenvalue weighted by molar-refractivity contribution is -0.130. The van der Waals surface area contributed by atoms with Gasteiger partial charge in [-0.2, -0.15) is 0 Å². The average molecular weight is 278 g/mol. The second-order valence-electron chi connectivity index (χ2n) is 4.23. The van der Waals surface area contributed by atoms with Crippen molar-refractivity contribution in [3.63, 3.8) is 0 Å². The van der Waals surface area contributed by atoms with Gasteiger partial charge in [-0.05, 0) is 17.7 Å². The van der Waals surface area contributed by atoms with Crippen LogP contribution in [0.25, 0.3) is 0 Å². The summed E-state index contributed by atoms with van der Waals surface area (Å²) in [7, 11) is 3.14. The van der Waals surface area contributed by atoms with Gasteiger partial charge in [0.2, 0.25) is 5.91 Å². The van der Waals surface area contributed by atoms with Crippen molar-refractivity contribution in [2.24, 2.45) is 5.73 Å². The van der Waals surface area contributed by atoms with E-state index in [4.69, 9.17) is 15.2 Å². The lowest BCUT2D eigenvalue weighted by atomic mass is 10.1. The summed E-state index contributed by atoms with van der Waals surface area (Å²) in [5.74, 6) is 0.626. The van der Waals surface area contributed by atoms with E-state index in [0.717, 1.165) is 11.3 Å². The zero-order valence-corrected chi connectivity index (χ0v) is 12.0. The molecular weight excluding hydrogens is 256 g/mol. The zero-order chi connectivity index (χ0) is 14.8. The van der Waals surface area contributed by atoms with Crippen molar-refractivity contribution in [3.05, 3.63) is 42.0 Å². The third-order valence-electron chi connectivity index (χ3n) is 2.83. The maximum Gasteiger partial charge on any atom is 0.249 e. The van der Waals surface area contributed by atoms with E-state index in [1.807, 2.05) is 30.3 Å². The third-order valence-corrected chi connectivity index (χ3v) is 2.83. The SMILES string of the molecule is COc1cccc(CC(OC)C(=O)NC/C=C/CN)c1. The summed E-state index contributed by atoms with van der Waals surface area (Å²) in [6.45, 7) is 0.918. The van der Waals surface area contributed by atoms with Crippen LogP contribution in [-0.4, -0.2) is 39.3 Å². The van der Waals surface area contributed by atoms with Crippen molar-refractivity contribution >= 4 is 5.91 Å². The van der Waals surface area contributed by atoms with Crippen LogP contribution in [0.3, 0.4) is 0 Å². The molecule has 0 saturated heterocycles. The van der Waals surface area contributed by atoms with Gasteiger partial charge in [-0.25, -0.2) is 0 Å². The predicted molar refractivity (Wildman–Crippen MR) is 78.7 cm³/mol. The van der Waals surface area contributed by atoms with E-state index in [1.165, 1.54) is 7.11 Å². The number of hydrogen-bond donors (Lipinski definition) is 2. The molecule has 5 nitrogen and oxygen atoms in total. The lowest BCUT2D eigenvalue weighted by Crippen LogP contribution is -2.37. The Labute approximate surface area is 119 Å². The average Bonchev–Trinajstić information content (AvgIpc) is 2.49. The number of nitrogens with two attached hydrogens (primary N) is 1. The smallest absolute Gasteiger partial charge is 0.249 e.